The normalized spacial score (nSPS) is 9.92. The Hall–Kier alpha value is -0.470. The van der Waals surface area contributed by atoms with Gasteiger partial charge in [0, 0.05) is 16.9 Å². The predicted octanol–water partition coefficient (Wildman–Crippen LogP) is 3.22. The van der Waals surface area contributed by atoms with Gasteiger partial charge in [0.2, 0.25) is 0 Å². The molecule has 1 aromatic carbocycles. The summed E-state index contributed by atoms with van der Waals surface area (Å²) in [5.41, 5.74) is 0.532. The molecule has 0 radical (unpaired) electrons. The number of benzene rings is 1. The van der Waals surface area contributed by atoms with E-state index in [0.717, 1.165) is 0 Å². The van der Waals surface area contributed by atoms with Crippen LogP contribution in [0.4, 0.5) is 0 Å². The second kappa shape index (κ2) is 3.97. The van der Waals surface area contributed by atoms with Gasteiger partial charge in [0.05, 0.1) is 5.02 Å². The third-order valence-corrected chi connectivity index (χ3v) is 2.28. The van der Waals surface area contributed by atoms with Crippen molar-refractivity contribution < 1.29 is 4.79 Å². The molecule has 0 atom stereocenters. The molecule has 0 aliphatic heterocycles. The summed E-state index contributed by atoms with van der Waals surface area (Å²) in [5, 5.41) is 0.481. The van der Waals surface area contributed by atoms with E-state index in [2.05, 4.69) is 12.6 Å². The van der Waals surface area contributed by atoms with Gasteiger partial charge in [0.15, 0.2) is 5.78 Å². The second-order valence-corrected chi connectivity index (χ2v) is 3.30. The maximum absolute atomic E-state index is 11.3. The Balaban J connectivity index is 3.21. The molecule has 0 spiro atoms. The van der Waals surface area contributed by atoms with Crippen molar-refractivity contribution in [2.24, 2.45) is 0 Å². The van der Waals surface area contributed by atoms with Gasteiger partial charge in [-0.1, -0.05) is 24.6 Å². The van der Waals surface area contributed by atoms with Crippen LogP contribution < -0.4 is 0 Å². The first-order valence-electron chi connectivity index (χ1n) is 3.67. The van der Waals surface area contributed by atoms with Crippen LogP contribution in [0.1, 0.15) is 23.7 Å². The second-order valence-electron chi connectivity index (χ2n) is 2.41. The van der Waals surface area contributed by atoms with Crippen LogP contribution in [-0.2, 0) is 0 Å². The lowest BCUT2D eigenvalue weighted by Crippen LogP contribution is -1.98. The molecule has 0 N–H and O–H groups in total. The minimum atomic E-state index is 0.0330. The molecule has 0 fully saturated rings. The zero-order valence-corrected chi connectivity index (χ0v) is 8.32. The molecule has 0 aromatic heterocycles. The zero-order valence-electron chi connectivity index (χ0n) is 6.67. The molecule has 1 nitrogen and oxygen atoms in total. The molecule has 3 heteroatoms. The third kappa shape index (κ3) is 1.82. The van der Waals surface area contributed by atoms with E-state index in [4.69, 9.17) is 11.6 Å². The first-order valence-corrected chi connectivity index (χ1v) is 4.50. The Morgan fingerprint density at radius 1 is 1.58 bits per heavy atom. The minimum Gasteiger partial charge on any atom is -0.294 e. The van der Waals surface area contributed by atoms with Crippen LogP contribution in [-0.4, -0.2) is 5.78 Å². The molecular formula is C9H9ClOS. The monoisotopic (exact) mass is 200 g/mol. The quantitative estimate of drug-likeness (QED) is 0.573. The molecule has 0 amide bonds. The number of carbonyl (C=O) groups excluding carboxylic acids is 1. The van der Waals surface area contributed by atoms with E-state index in [9.17, 15) is 4.79 Å². The average molecular weight is 201 g/mol. The molecule has 0 bridgehead atoms. The topological polar surface area (TPSA) is 17.1 Å². The Morgan fingerprint density at radius 2 is 2.25 bits per heavy atom. The summed E-state index contributed by atoms with van der Waals surface area (Å²) in [4.78, 5) is 12.0. The smallest absolute Gasteiger partial charge is 0.165 e. The minimum absolute atomic E-state index is 0.0330. The summed E-state index contributed by atoms with van der Waals surface area (Å²) in [7, 11) is 0. The molecule has 1 rings (SSSR count). The molecule has 12 heavy (non-hydrogen) atoms. The highest BCUT2D eigenvalue weighted by atomic mass is 35.5. The average Bonchev–Trinajstić information content (AvgIpc) is 2.03. The molecular weight excluding hydrogens is 192 g/mol. The number of rotatable bonds is 2. The van der Waals surface area contributed by atoms with Crippen molar-refractivity contribution in [3.8, 4) is 0 Å². The van der Waals surface area contributed by atoms with Crippen LogP contribution >= 0.6 is 24.2 Å². The van der Waals surface area contributed by atoms with Gasteiger partial charge >= 0.3 is 0 Å². The summed E-state index contributed by atoms with van der Waals surface area (Å²) in [6.45, 7) is 1.80. The highest BCUT2D eigenvalue weighted by molar-refractivity contribution is 7.80. The van der Waals surface area contributed by atoms with Gasteiger partial charge in [-0.15, -0.1) is 12.6 Å². The van der Waals surface area contributed by atoms with Crippen LogP contribution in [0.3, 0.4) is 0 Å². The van der Waals surface area contributed by atoms with E-state index < -0.39 is 0 Å². The first kappa shape index (κ1) is 9.62. The van der Waals surface area contributed by atoms with Crippen LogP contribution in [0.2, 0.25) is 5.02 Å². The lowest BCUT2D eigenvalue weighted by Gasteiger charge is -2.03. The largest absolute Gasteiger partial charge is 0.294 e. The van der Waals surface area contributed by atoms with E-state index in [-0.39, 0.29) is 5.78 Å². The Labute approximate surface area is 82.1 Å². The third-order valence-electron chi connectivity index (χ3n) is 1.59. The van der Waals surface area contributed by atoms with E-state index in [1.54, 1.807) is 25.1 Å². The van der Waals surface area contributed by atoms with Crippen LogP contribution in [0.25, 0.3) is 0 Å². The predicted molar refractivity (Wildman–Crippen MR) is 53.3 cm³/mol. The molecule has 0 aliphatic carbocycles. The van der Waals surface area contributed by atoms with Crippen molar-refractivity contribution >= 4 is 30.0 Å². The fraction of sp³-hybridized carbons (Fsp3) is 0.222. The summed E-state index contributed by atoms with van der Waals surface area (Å²) < 4.78 is 0. The van der Waals surface area contributed by atoms with E-state index in [1.165, 1.54) is 0 Å². The van der Waals surface area contributed by atoms with Crippen molar-refractivity contribution in [2.45, 2.75) is 18.2 Å². The Morgan fingerprint density at radius 3 is 2.75 bits per heavy atom. The van der Waals surface area contributed by atoms with Gasteiger partial charge in [-0.2, -0.15) is 0 Å². The number of hydrogen-bond donors (Lipinski definition) is 1. The number of ketones is 1. The molecule has 0 unspecified atom stereocenters. The van der Waals surface area contributed by atoms with E-state index >= 15 is 0 Å². The molecule has 0 heterocycles. The SMILES string of the molecule is CCC(=O)c1c(S)cccc1Cl. The summed E-state index contributed by atoms with van der Waals surface area (Å²) in [6.07, 6.45) is 0.456. The standard InChI is InChI=1S/C9H9ClOS/c1-2-7(11)9-6(10)4-3-5-8(9)12/h3-5,12H,2H2,1H3. The number of hydrogen-bond acceptors (Lipinski definition) is 2. The lowest BCUT2D eigenvalue weighted by molar-refractivity contribution is 0.0985. The molecule has 0 aliphatic rings. The first-order chi connectivity index (χ1) is 5.66. The highest BCUT2D eigenvalue weighted by Gasteiger charge is 2.10. The van der Waals surface area contributed by atoms with Crippen LogP contribution in [0.15, 0.2) is 23.1 Å². The van der Waals surface area contributed by atoms with Crippen LogP contribution in [0, 0.1) is 0 Å². The van der Waals surface area contributed by atoms with Gasteiger partial charge in [-0.05, 0) is 12.1 Å². The molecule has 0 saturated carbocycles. The highest BCUT2D eigenvalue weighted by Crippen LogP contribution is 2.23. The van der Waals surface area contributed by atoms with Gasteiger partial charge in [-0.3, -0.25) is 4.79 Å². The van der Waals surface area contributed by atoms with Crippen molar-refractivity contribution in [1.82, 2.24) is 0 Å². The number of halogens is 1. The van der Waals surface area contributed by atoms with Gasteiger partial charge < -0.3 is 0 Å². The summed E-state index contributed by atoms with van der Waals surface area (Å²) >= 11 is 9.99. The van der Waals surface area contributed by atoms with Crippen molar-refractivity contribution in [2.75, 3.05) is 0 Å². The van der Waals surface area contributed by atoms with Gasteiger partial charge in [-0.25, -0.2) is 0 Å². The summed E-state index contributed by atoms with van der Waals surface area (Å²) in [6, 6.07) is 5.24. The fourth-order valence-corrected chi connectivity index (χ4v) is 1.64. The Bertz CT molecular complexity index is 289. The lowest BCUT2D eigenvalue weighted by atomic mass is 10.1. The van der Waals surface area contributed by atoms with Crippen molar-refractivity contribution in [3.63, 3.8) is 0 Å². The molecule has 1 aromatic rings. The zero-order chi connectivity index (χ0) is 9.14. The Kier molecular flexibility index (Phi) is 3.18. The fourth-order valence-electron chi connectivity index (χ4n) is 0.966. The van der Waals surface area contributed by atoms with E-state index in [1.807, 2.05) is 0 Å². The maximum Gasteiger partial charge on any atom is 0.165 e. The molecule has 64 valence electrons. The van der Waals surface area contributed by atoms with Crippen molar-refractivity contribution in [1.29, 1.82) is 0 Å². The number of thiol groups is 1. The van der Waals surface area contributed by atoms with Crippen molar-refractivity contribution in [3.05, 3.63) is 28.8 Å². The van der Waals surface area contributed by atoms with Crippen LogP contribution in [0.5, 0.6) is 0 Å². The maximum atomic E-state index is 11.3. The molecule has 0 saturated heterocycles. The summed E-state index contributed by atoms with van der Waals surface area (Å²) in [5.74, 6) is 0.0330. The number of Topliss-reactive ketones (excluding diaryl/α,β-unsaturated/α-hetero) is 1. The number of carbonyl (C=O) groups is 1. The van der Waals surface area contributed by atoms with E-state index in [0.29, 0.717) is 21.9 Å². The van der Waals surface area contributed by atoms with Gasteiger partial charge in [0.1, 0.15) is 0 Å². The van der Waals surface area contributed by atoms with Gasteiger partial charge in [0.25, 0.3) is 0 Å².